The molecule has 0 unspecified atom stereocenters. The van der Waals surface area contributed by atoms with Crippen LogP contribution in [0.1, 0.15) is 0 Å². The van der Waals surface area contributed by atoms with Gasteiger partial charge >= 0.3 is 21.0 Å². The summed E-state index contributed by atoms with van der Waals surface area (Å²) in [6.07, 6.45) is 0. The molecule has 0 radical (unpaired) electrons. The van der Waals surface area contributed by atoms with Gasteiger partial charge in [0.2, 0.25) is 0 Å². The Hall–Kier alpha value is 0.224. The molecule has 5 nitrogen and oxygen atoms in total. The van der Waals surface area contributed by atoms with E-state index in [0.717, 1.165) is 17.4 Å². The summed E-state index contributed by atoms with van der Waals surface area (Å²) in [4.78, 5) is 1.79. The minimum absolute atomic E-state index is 0.0694. The fraction of sp³-hybridized carbons (Fsp3) is 1.00. The van der Waals surface area contributed by atoms with Crippen LogP contribution in [0.25, 0.3) is 0 Å². The fourth-order valence-electron chi connectivity index (χ4n) is 0.760. The number of aliphatic hydroxyl groups is 3. The van der Waals surface area contributed by atoms with E-state index in [1.165, 1.54) is 0 Å². The van der Waals surface area contributed by atoms with E-state index in [1.807, 2.05) is 0 Å². The average Bonchev–Trinajstić information content (AvgIpc) is 2.10. The Kier molecular flexibility index (Phi) is 16.9. The number of hydrogen-bond acceptors (Lipinski definition) is 5. The van der Waals surface area contributed by atoms with Gasteiger partial charge in [-0.3, -0.25) is 4.90 Å². The maximum atomic E-state index is 8.48. The predicted molar refractivity (Wildman–Crippen MR) is 38.4 cm³/mol. The molecule has 0 saturated carbocycles. The Morgan fingerprint density at radius 3 is 1.25 bits per heavy atom. The maximum absolute atomic E-state index is 8.48. The van der Waals surface area contributed by atoms with Crippen molar-refractivity contribution in [3.05, 3.63) is 0 Å². The molecule has 0 heterocycles. The summed E-state index contributed by atoms with van der Waals surface area (Å²) in [5.74, 6) is 0. The fourth-order valence-corrected chi connectivity index (χ4v) is 0.760. The van der Waals surface area contributed by atoms with Crippen LogP contribution in [0.4, 0.5) is 0 Å². The van der Waals surface area contributed by atoms with E-state index in [4.69, 9.17) is 19.0 Å². The van der Waals surface area contributed by atoms with Gasteiger partial charge in [-0.2, -0.15) is 0 Å². The van der Waals surface area contributed by atoms with Crippen molar-refractivity contribution in [2.75, 3.05) is 39.5 Å². The molecular formula is C6H15NO4V. The van der Waals surface area contributed by atoms with Gasteiger partial charge in [-0.15, -0.1) is 0 Å². The van der Waals surface area contributed by atoms with Crippen molar-refractivity contribution in [3.8, 4) is 0 Å². The zero-order valence-electron chi connectivity index (χ0n) is 6.89. The van der Waals surface area contributed by atoms with Crippen molar-refractivity contribution in [1.82, 2.24) is 4.90 Å². The van der Waals surface area contributed by atoms with Gasteiger partial charge in [0, 0.05) is 19.6 Å². The summed E-state index contributed by atoms with van der Waals surface area (Å²) >= 11 is 1.06. The summed E-state index contributed by atoms with van der Waals surface area (Å²) in [5, 5.41) is 25.5. The third-order valence-corrected chi connectivity index (χ3v) is 1.25. The van der Waals surface area contributed by atoms with Crippen LogP contribution < -0.4 is 0 Å². The van der Waals surface area contributed by atoms with Gasteiger partial charge < -0.3 is 15.3 Å². The normalized spacial score (nSPS) is 9.25. The number of aliphatic hydroxyl groups excluding tert-OH is 3. The van der Waals surface area contributed by atoms with E-state index in [-0.39, 0.29) is 19.8 Å². The van der Waals surface area contributed by atoms with Gasteiger partial charge in [0.25, 0.3) is 0 Å². The molecule has 0 saturated heterocycles. The molecule has 6 heteroatoms. The van der Waals surface area contributed by atoms with Crippen LogP contribution in [0.5, 0.6) is 0 Å². The molecule has 0 atom stereocenters. The van der Waals surface area contributed by atoms with Crippen molar-refractivity contribution in [2.45, 2.75) is 0 Å². The summed E-state index contributed by atoms with van der Waals surface area (Å²) in [6.45, 7) is 1.75. The van der Waals surface area contributed by atoms with E-state index in [9.17, 15) is 0 Å². The molecule has 0 spiro atoms. The summed E-state index contributed by atoms with van der Waals surface area (Å²) in [5.41, 5.74) is 0. The molecule has 73 valence electrons. The van der Waals surface area contributed by atoms with Crippen LogP contribution in [0, 0.1) is 0 Å². The Morgan fingerprint density at radius 2 is 1.08 bits per heavy atom. The van der Waals surface area contributed by atoms with Crippen molar-refractivity contribution < 1.29 is 36.4 Å². The molecule has 0 rings (SSSR count). The number of rotatable bonds is 6. The SMILES string of the molecule is OCCN(CCO)CCO.[O]=[V]. The van der Waals surface area contributed by atoms with E-state index in [1.54, 1.807) is 4.90 Å². The molecule has 0 aromatic heterocycles. The third kappa shape index (κ3) is 10.2. The molecule has 12 heavy (non-hydrogen) atoms. The first-order chi connectivity index (χ1) is 5.85. The van der Waals surface area contributed by atoms with Crippen molar-refractivity contribution in [3.63, 3.8) is 0 Å². The van der Waals surface area contributed by atoms with Crippen LogP contribution in [0.15, 0.2) is 0 Å². The van der Waals surface area contributed by atoms with Crippen molar-refractivity contribution in [2.24, 2.45) is 0 Å². The van der Waals surface area contributed by atoms with Crippen molar-refractivity contribution >= 4 is 0 Å². The molecular weight excluding hydrogens is 201 g/mol. The molecule has 0 fully saturated rings. The van der Waals surface area contributed by atoms with Crippen LogP contribution in [0.3, 0.4) is 0 Å². The zero-order chi connectivity index (χ0) is 9.82. The third-order valence-electron chi connectivity index (χ3n) is 1.25. The molecule has 0 amide bonds. The minimum atomic E-state index is 0.0694. The molecule has 0 aliphatic rings. The van der Waals surface area contributed by atoms with E-state index in [2.05, 4.69) is 0 Å². The molecule has 0 aliphatic carbocycles. The standard InChI is InChI=1S/C6H15NO3.O.V/c8-4-1-7(2-5-9)3-6-10;;/h8-10H,1-6H2;;. The first kappa shape index (κ1) is 14.7. The van der Waals surface area contributed by atoms with Crippen LogP contribution in [0.2, 0.25) is 0 Å². The Morgan fingerprint density at radius 1 is 0.833 bits per heavy atom. The Bertz CT molecular complexity index is 71.7. The molecule has 0 bridgehead atoms. The number of hydrogen-bond donors (Lipinski definition) is 3. The molecule has 0 aromatic carbocycles. The van der Waals surface area contributed by atoms with Crippen LogP contribution in [-0.2, 0) is 21.0 Å². The van der Waals surface area contributed by atoms with E-state index >= 15 is 0 Å². The second-order valence-electron chi connectivity index (χ2n) is 2.01. The topological polar surface area (TPSA) is 81.0 Å². The average molecular weight is 216 g/mol. The first-order valence-electron chi connectivity index (χ1n) is 3.58. The Balaban J connectivity index is 0. The second-order valence-corrected chi connectivity index (χ2v) is 2.01. The van der Waals surface area contributed by atoms with E-state index < -0.39 is 0 Å². The predicted octanol–water partition coefficient (Wildman–Crippen LogP) is -1.86. The monoisotopic (exact) mass is 216 g/mol. The van der Waals surface area contributed by atoms with Gasteiger partial charge in [0.1, 0.15) is 0 Å². The van der Waals surface area contributed by atoms with E-state index in [0.29, 0.717) is 19.6 Å². The van der Waals surface area contributed by atoms with Crippen LogP contribution >= 0.6 is 0 Å². The summed E-state index contributed by atoms with van der Waals surface area (Å²) in [6, 6.07) is 0. The van der Waals surface area contributed by atoms with Crippen LogP contribution in [-0.4, -0.2) is 59.7 Å². The number of nitrogens with zero attached hydrogens (tertiary/aromatic N) is 1. The second kappa shape index (κ2) is 13.8. The Labute approximate surface area is 81.2 Å². The zero-order valence-corrected chi connectivity index (χ0v) is 8.28. The van der Waals surface area contributed by atoms with Gasteiger partial charge in [0.15, 0.2) is 0 Å². The van der Waals surface area contributed by atoms with Gasteiger partial charge in [-0.1, -0.05) is 0 Å². The molecule has 0 aromatic rings. The molecule has 3 N–H and O–H groups in total. The quantitative estimate of drug-likeness (QED) is 0.485. The molecule has 0 aliphatic heterocycles. The van der Waals surface area contributed by atoms with Gasteiger partial charge in [-0.05, 0) is 0 Å². The summed E-state index contributed by atoms with van der Waals surface area (Å²) < 4.78 is 8.19. The van der Waals surface area contributed by atoms with Gasteiger partial charge in [-0.25, -0.2) is 0 Å². The summed E-state index contributed by atoms with van der Waals surface area (Å²) in [7, 11) is 0. The van der Waals surface area contributed by atoms with Gasteiger partial charge in [0.05, 0.1) is 19.8 Å². The van der Waals surface area contributed by atoms with Crippen molar-refractivity contribution in [1.29, 1.82) is 0 Å². The first-order valence-corrected chi connectivity index (χ1v) is 4.15.